The van der Waals surface area contributed by atoms with Gasteiger partial charge in [0.25, 0.3) is 0 Å². The van der Waals surface area contributed by atoms with Crippen LogP contribution in [-0.4, -0.2) is 11.1 Å². The second-order valence-electron chi connectivity index (χ2n) is 3.96. The molecule has 0 aliphatic heterocycles. The molecular formula is C14H12BrNO2. The van der Waals surface area contributed by atoms with Gasteiger partial charge in [0.05, 0.1) is 0 Å². The van der Waals surface area contributed by atoms with Crippen molar-refractivity contribution in [2.75, 3.05) is 5.73 Å². The summed E-state index contributed by atoms with van der Waals surface area (Å²) in [4.78, 5) is 11.5. The Labute approximate surface area is 113 Å². The van der Waals surface area contributed by atoms with Crippen molar-refractivity contribution in [1.82, 2.24) is 0 Å². The zero-order valence-electron chi connectivity index (χ0n) is 9.51. The van der Waals surface area contributed by atoms with Crippen LogP contribution in [0.2, 0.25) is 0 Å². The Balaban J connectivity index is 2.54. The standard InChI is InChI=1S/C14H12BrNO2/c15-10-5-3-4-9(8-10)13(14(17)18)11-6-1-2-7-12(11)16/h1-8,13H,16H2,(H,17,18). The number of carbonyl (C=O) groups is 1. The Kier molecular flexibility index (Phi) is 3.67. The molecule has 0 spiro atoms. The summed E-state index contributed by atoms with van der Waals surface area (Å²) in [5.41, 5.74) is 7.67. The lowest BCUT2D eigenvalue weighted by Gasteiger charge is -2.15. The lowest BCUT2D eigenvalue weighted by atomic mass is 9.90. The largest absolute Gasteiger partial charge is 0.481 e. The molecule has 2 rings (SSSR count). The molecule has 0 amide bonds. The molecule has 2 aromatic rings. The number of benzene rings is 2. The number of nitrogen functional groups attached to an aromatic ring is 1. The summed E-state index contributed by atoms with van der Waals surface area (Å²) in [7, 11) is 0. The fourth-order valence-corrected chi connectivity index (χ4v) is 2.33. The summed E-state index contributed by atoms with van der Waals surface area (Å²) < 4.78 is 0.848. The topological polar surface area (TPSA) is 63.3 Å². The maximum absolute atomic E-state index is 11.5. The zero-order chi connectivity index (χ0) is 13.1. The van der Waals surface area contributed by atoms with Crippen molar-refractivity contribution in [3.63, 3.8) is 0 Å². The van der Waals surface area contributed by atoms with Crippen molar-refractivity contribution < 1.29 is 9.90 Å². The van der Waals surface area contributed by atoms with E-state index >= 15 is 0 Å². The van der Waals surface area contributed by atoms with Crippen LogP contribution in [0.3, 0.4) is 0 Å². The third-order valence-corrected chi connectivity index (χ3v) is 3.23. The summed E-state index contributed by atoms with van der Waals surface area (Å²) in [5.74, 6) is -1.66. The number of carboxylic acid groups (broad SMARTS) is 1. The number of halogens is 1. The number of hydrogen-bond acceptors (Lipinski definition) is 2. The first-order valence-electron chi connectivity index (χ1n) is 5.42. The second-order valence-corrected chi connectivity index (χ2v) is 4.87. The van der Waals surface area contributed by atoms with Crippen molar-refractivity contribution >= 4 is 27.6 Å². The van der Waals surface area contributed by atoms with Gasteiger partial charge in [0, 0.05) is 10.2 Å². The van der Waals surface area contributed by atoms with Crippen molar-refractivity contribution in [3.05, 3.63) is 64.1 Å². The van der Waals surface area contributed by atoms with Gasteiger partial charge in [0.2, 0.25) is 0 Å². The maximum atomic E-state index is 11.5. The van der Waals surface area contributed by atoms with Crippen LogP contribution in [0.5, 0.6) is 0 Å². The zero-order valence-corrected chi connectivity index (χ0v) is 11.1. The average Bonchev–Trinajstić information content (AvgIpc) is 2.32. The van der Waals surface area contributed by atoms with E-state index in [1.54, 1.807) is 36.4 Å². The predicted octanol–water partition coefficient (Wildman–Crippen LogP) is 3.25. The van der Waals surface area contributed by atoms with Crippen LogP contribution in [0.15, 0.2) is 53.0 Å². The third kappa shape index (κ3) is 2.54. The molecule has 0 aliphatic carbocycles. The molecule has 0 aliphatic rings. The van der Waals surface area contributed by atoms with E-state index in [2.05, 4.69) is 15.9 Å². The molecule has 92 valence electrons. The third-order valence-electron chi connectivity index (χ3n) is 2.74. The maximum Gasteiger partial charge on any atom is 0.315 e. The quantitative estimate of drug-likeness (QED) is 0.856. The summed E-state index contributed by atoms with van der Waals surface area (Å²) in [5, 5.41) is 9.42. The van der Waals surface area contributed by atoms with Crippen LogP contribution in [-0.2, 0) is 4.79 Å². The highest BCUT2D eigenvalue weighted by Gasteiger charge is 2.23. The fraction of sp³-hybridized carbons (Fsp3) is 0.0714. The van der Waals surface area contributed by atoms with Gasteiger partial charge >= 0.3 is 5.97 Å². The summed E-state index contributed by atoms with van der Waals surface area (Å²) in [6.45, 7) is 0. The Morgan fingerprint density at radius 1 is 1.17 bits per heavy atom. The highest BCUT2D eigenvalue weighted by Crippen LogP contribution is 2.30. The van der Waals surface area contributed by atoms with Gasteiger partial charge in [-0.3, -0.25) is 4.79 Å². The monoisotopic (exact) mass is 305 g/mol. The van der Waals surface area contributed by atoms with Crippen LogP contribution in [0.4, 0.5) is 5.69 Å². The first-order chi connectivity index (χ1) is 8.59. The van der Waals surface area contributed by atoms with Crippen LogP contribution >= 0.6 is 15.9 Å². The molecule has 3 N–H and O–H groups in total. The number of nitrogens with two attached hydrogens (primary N) is 1. The van der Waals surface area contributed by atoms with Gasteiger partial charge in [0.1, 0.15) is 5.92 Å². The molecule has 1 unspecified atom stereocenters. The van der Waals surface area contributed by atoms with Crippen molar-refractivity contribution in [2.24, 2.45) is 0 Å². The van der Waals surface area contributed by atoms with Gasteiger partial charge in [0.15, 0.2) is 0 Å². The molecule has 0 fully saturated rings. The minimum Gasteiger partial charge on any atom is -0.481 e. The van der Waals surface area contributed by atoms with Gasteiger partial charge in [-0.05, 0) is 29.3 Å². The molecule has 0 saturated heterocycles. The number of anilines is 1. The van der Waals surface area contributed by atoms with E-state index in [1.165, 1.54) is 0 Å². The first-order valence-corrected chi connectivity index (χ1v) is 6.21. The number of hydrogen-bond donors (Lipinski definition) is 2. The number of carboxylic acids is 1. The van der Waals surface area contributed by atoms with E-state index < -0.39 is 11.9 Å². The summed E-state index contributed by atoms with van der Waals surface area (Å²) in [6.07, 6.45) is 0. The van der Waals surface area contributed by atoms with Gasteiger partial charge in [-0.2, -0.15) is 0 Å². The molecule has 0 radical (unpaired) electrons. The summed E-state index contributed by atoms with van der Waals surface area (Å²) in [6, 6.07) is 14.3. The first kappa shape index (κ1) is 12.6. The van der Waals surface area contributed by atoms with E-state index in [1.807, 2.05) is 12.1 Å². The lowest BCUT2D eigenvalue weighted by Crippen LogP contribution is -2.14. The van der Waals surface area contributed by atoms with Crippen molar-refractivity contribution in [2.45, 2.75) is 5.92 Å². The minimum absolute atomic E-state index is 0.491. The van der Waals surface area contributed by atoms with E-state index in [0.29, 0.717) is 16.8 Å². The molecule has 0 heterocycles. The van der Waals surface area contributed by atoms with E-state index in [-0.39, 0.29) is 0 Å². The van der Waals surface area contributed by atoms with Crippen LogP contribution in [0.1, 0.15) is 17.0 Å². The molecule has 0 aromatic heterocycles. The van der Waals surface area contributed by atoms with Gasteiger partial charge in [-0.15, -0.1) is 0 Å². The molecule has 0 bridgehead atoms. The van der Waals surface area contributed by atoms with Crippen LogP contribution < -0.4 is 5.73 Å². The molecule has 2 aromatic carbocycles. The van der Waals surface area contributed by atoms with E-state index in [0.717, 1.165) is 4.47 Å². The van der Waals surface area contributed by atoms with E-state index in [4.69, 9.17) is 5.73 Å². The molecule has 0 saturated carbocycles. The summed E-state index contributed by atoms with van der Waals surface area (Å²) >= 11 is 3.35. The van der Waals surface area contributed by atoms with Crippen LogP contribution in [0.25, 0.3) is 0 Å². The predicted molar refractivity (Wildman–Crippen MR) is 74.5 cm³/mol. The minimum atomic E-state index is -0.911. The van der Waals surface area contributed by atoms with Gasteiger partial charge in [-0.25, -0.2) is 0 Å². The van der Waals surface area contributed by atoms with Gasteiger partial charge in [-0.1, -0.05) is 46.3 Å². The smallest absolute Gasteiger partial charge is 0.315 e. The highest BCUT2D eigenvalue weighted by molar-refractivity contribution is 9.10. The molecule has 3 nitrogen and oxygen atoms in total. The molecule has 1 atom stereocenters. The Bertz CT molecular complexity index is 584. The van der Waals surface area contributed by atoms with Crippen molar-refractivity contribution in [3.8, 4) is 0 Å². The van der Waals surface area contributed by atoms with Gasteiger partial charge < -0.3 is 10.8 Å². The normalized spacial score (nSPS) is 12.1. The molecule has 18 heavy (non-hydrogen) atoms. The highest BCUT2D eigenvalue weighted by atomic mass is 79.9. The number of para-hydroxylation sites is 1. The van der Waals surface area contributed by atoms with Crippen LogP contribution in [0, 0.1) is 0 Å². The van der Waals surface area contributed by atoms with E-state index in [9.17, 15) is 9.90 Å². The SMILES string of the molecule is Nc1ccccc1C(C(=O)O)c1cccc(Br)c1. The Morgan fingerprint density at radius 3 is 2.50 bits per heavy atom. The average molecular weight is 306 g/mol. The number of rotatable bonds is 3. The molecule has 4 heteroatoms. The number of aliphatic carboxylic acids is 1. The molecular weight excluding hydrogens is 294 g/mol. The Hall–Kier alpha value is -1.81. The fourth-order valence-electron chi connectivity index (χ4n) is 1.92. The second kappa shape index (κ2) is 5.23. The lowest BCUT2D eigenvalue weighted by molar-refractivity contribution is -0.137. The Morgan fingerprint density at radius 2 is 1.89 bits per heavy atom. The van der Waals surface area contributed by atoms with Crippen molar-refractivity contribution in [1.29, 1.82) is 0 Å².